The van der Waals surface area contributed by atoms with Crippen molar-refractivity contribution >= 4 is 29.0 Å². The summed E-state index contributed by atoms with van der Waals surface area (Å²) in [7, 11) is 0. The summed E-state index contributed by atoms with van der Waals surface area (Å²) in [6, 6.07) is 8.13. The molecule has 0 spiro atoms. The fraction of sp³-hybridized carbons (Fsp3) is 0.500. The largest absolute Gasteiger partial charge is 0.492 e. The Morgan fingerprint density at radius 1 is 1.15 bits per heavy atom. The van der Waals surface area contributed by atoms with Crippen molar-refractivity contribution in [1.82, 2.24) is 15.5 Å². The molecule has 0 aliphatic carbocycles. The third-order valence-electron chi connectivity index (χ3n) is 5.37. The van der Waals surface area contributed by atoms with Gasteiger partial charge in [-0.25, -0.2) is 0 Å². The van der Waals surface area contributed by atoms with Gasteiger partial charge >= 0.3 is 0 Å². The minimum atomic E-state index is -0.331. The molecule has 3 aliphatic rings. The standard InChI is InChI=1S/C20H25N3O3S/c24-19-17(27-20(25)22-19)12-14-6-8-16(9-7-14)26-13-15-4-3-11-23(15)18-5-1-2-10-21-18/h6-9,12,15,18,21H,1-5,10-11,13H2,(H,22,24,25)/b17-12+. The van der Waals surface area contributed by atoms with E-state index < -0.39 is 0 Å². The van der Waals surface area contributed by atoms with Gasteiger partial charge in [-0.05, 0) is 74.2 Å². The molecule has 2 atom stereocenters. The molecule has 27 heavy (non-hydrogen) atoms. The second kappa shape index (κ2) is 8.46. The first-order chi connectivity index (χ1) is 13.2. The Morgan fingerprint density at radius 2 is 2.00 bits per heavy atom. The molecule has 2 amide bonds. The Balaban J connectivity index is 1.33. The number of amides is 2. The SMILES string of the molecule is O=C1NC(=O)/C(=C\c2ccc(OCC3CCCN3C3CCCCN3)cc2)S1. The van der Waals surface area contributed by atoms with Crippen LogP contribution in [0.2, 0.25) is 0 Å². The smallest absolute Gasteiger partial charge is 0.290 e. The Kier molecular flexibility index (Phi) is 5.80. The molecule has 0 radical (unpaired) electrons. The lowest BCUT2D eigenvalue weighted by Gasteiger charge is -2.36. The number of benzene rings is 1. The number of nitrogens with zero attached hydrogens (tertiary/aromatic N) is 1. The van der Waals surface area contributed by atoms with E-state index in [1.54, 1.807) is 6.08 Å². The van der Waals surface area contributed by atoms with Crippen molar-refractivity contribution in [2.45, 2.75) is 44.3 Å². The molecule has 4 rings (SSSR count). The maximum atomic E-state index is 11.6. The van der Waals surface area contributed by atoms with Crippen LogP contribution in [0.4, 0.5) is 4.79 Å². The number of hydrogen-bond acceptors (Lipinski definition) is 6. The number of imide groups is 1. The van der Waals surface area contributed by atoms with Crippen LogP contribution in [0, 0.1) is 0 Å². The fourth-order valence-electron chi connectivity index (χ4n) is 3.99. The molecule has 3 saturated heterocycles. The van der Waals surface area contributed by atoms with Gasteiger partial charge in [-0.2, -0.15) is 0 Å². The molecule has 3 heterocycles. The molecule has 1 aromatic rings. The van der Waals surface area contributed by atoms with Gasteiger partial charge in [-0.15, -0.1) is 0 Å². The Labute approximate surface area is 163 Å². The predicted octanol–water partition coefficient (Wildman–Crippen LogP) is 2.95. The van der Waals surface area contributed by atoms with Crippen LogP contribution >= 0.6 is 11.8 Å². The van der Waals surface area contributed by atoms with Gasteiger partial charge in [0, 0.05) is 12.6 Å². The summed E-state index contributed by atoms with van der Waals surface area (Å²) in [6.07, 6.45) is 8.46. The molecule has 6 nitrogen and oxygen atoms in total. The van der Waals surface area contributed by atoms with Gasteiger partial charge in [0.2, 0.25) is 0 Å². The van der Waals surface area contributed by atoms with Gasteiger partial charge in [-0.1, -0.05) is 12.1 Å². The molecule has 3 aliphatic heterocycles. The van der Waals surface area contributed by atoms with Gasteiger partial charge in [-0.3, -0.25) is 19.8 Å². The molecule has 2 N–H and O–H groups in total. The first-order valence-electron chi connectivity index (χ1n) is 9.66. The molecule has 0 saturated carbocycles. The Bertz CT molecular complexity index is 728. The van der Waals surface area contributed by atoms with Gasteiger partial charge in [0.05, 0.1) is 11.1 Å². The molecular formula is C20H25N3O3S. The topological polar surface area (TPSA) is 70.7 Å². The summed E-state index contributed by atoms with van der Waals surface area (Å²) in [5.74, 6) is 0.503. The van der Waals surface area contributed by atoms with Gasteiger partial charge in [0.1, 0.15) is 12.4 Å². The van der Waals surface area contributed by atoms with E-state index >= 15 is 0 Å². The summed E-state index contributed by atoms with van der Waals surface area (Å²) in [6.45, 7) is 2.97. The van der Waals surface area contributed by atoms with Gasteiger partial charge in [0.25, 0.3) is 11.1 Å². The van der Waals surface area contributed by atoms with Crippen LogP contribution in [0.5, 0.6) is 5.75 Å². The second-order valence-electron chi connectivity index (χ2n) is 7.23. The Morgan fingerprint density at radius 3 is 2.70 bits per heavy atom. The van der Waals surface area contributed by atoms with Crippen LogP contribution in [0.15, 0.2) is 29.2 Å². The zero-order chi connectivity index (χ0) is 18.6. The van der Waals surface area contributed by atoms with Crippen LogP contribution in [0.25, 0.3) is 6.08 Å². The minimum absolute atomic E-state index is 0.320. The summed E-state index contributed by atoms with van der Waals surface area (Å²) in [5, 5.41) is 5.59. The molecule has 0 aromatic heterocycles. The quantitative estimate of drug-likeness (QED) is 0.757. The van der Waals surface area contributed by atoms with E-state index in [9.17, 15) is 9.59 Å². The van der Waals surface area contributed by atoms with Crippen molar-refractivity contribution in [3.05, 3.63) is 34.7 Å². The van der Waals surface area contributed by atoms with Crippen LogP contribution in [0.3, 0.4) is 0 Å². The van der Waals surface area contributed by atoms with Crippen molar-refractivity contribution in [1.29, 1.82) is 0 Å². The molecule has 0 bridgehead atoms. The van der Waals surface area contributed by atoms with E-state index in [2.05, 4.69) is 15.5 Å². The lowest BCUT2D eigenvalue weighted by Crippen LogP contribution is -2.51. The van der Waals surface area contributed by atoms with Crippen LogP contribution in [-0.2, 0) is 4.79 Å². The summed E-state index contributed by atoms with van der Waals surface area (Å²) >= 11 is 0.932. The number of likely N-dealkylation sites (tertiary alicyclic amines) is 1. The highest BCUT2D eigenvalue weighted by molar-refractivity contribution is 8.18. The average molecular weight is 388 g/mol. The van der Waals surface area contributed by atoms with Gasteiger partial charge < -0.3 is 10.1 Å². The molecule has 2 unspecified atom stereocenters. The zero-order valence-corrected chi connectivity index (χ0v) is 16.1. The molecule has 1 aromatic carbocycles. The molecule has 7 heteroatoms. The molecule has 144 valence electrons. The highest BCUT2D eigenvalue weighted by Gasteiger charge is 2.31. The first kappa shape index (κ1) is 18.5. The lowest BCUT2D eigenvalue weighted by atomic mass is 10.1. The van der Waals surface area contributed by atoms with E-state index in [4.69, 9.17) is 4.74 Å². The average Bonchev–Trinajstić information content (AvgIpc) is 3.28. The van der Waals surface area contributed by atoms with Crippen molar-refractivity contribution in [3.8, 4) is 5.75 Å². The van der Waals surface area contributed by atoms with E-state index in [-0.39, 0.29) is 11.1 Å². The number of thioether (sulfide) groups is 1. The highest BCUT2D eigenvalue weighted by Crippen LogP contribution is 2.27. The maximum absolute atomic E-state index is 11.6. The third kappa shape index (κ3) is 4.54. The maximum Gasteiger partial charge on any atom is 0.290 e. The van der Waals surface area contributed by atoms with E-state index in [1.807, 2.05) is 24.3 Å². The Hall–Kier alpha value is -1.83. The van der Waals surface area contributed by atoms with Crippen LogP contribution < -0.4 is 15.4 Å². The minimum Gasteiger partial charge on any atom is -0.492 e. The van der Waals surface area contributed by atoms with E-state index in [0.717, 1.165) is 36.2 Å². The van der Waals surface area contributed by atoms with Crippen LogP contribution in [0.1, 0.15) is 37.7 Å². The monoisotopic (exact) mass is 387 g/mol. The summed E-state index contributed by atoms with van der Waals surface area (Å²) in [4.78, 5) is 25.8. The second-order valence-corrected chi connectivity index (χ2v) is 8.25. The number of rotatable bonds is 5. The van der Waals surface area contributed by atoms with Crippen LogP contribution in [-0.4, -0.2) is 48.0 Å². The predicted molar refractivity (Wildman–Crippen MR) is 106 cm³/mol. The number of carbonyl (C=O) groups excluding carboxylic acids is 2. The number of hydrogen-bond donors (Lipinski definition) is 2. The first-order valence-corrected chi connectivity index (χ1v) is 10.5. The number of carbonyl (C=O) groups is 2. The summed E-state index contributed by atoms with van der Waals surface area (Å²) in [5.41, 5.74) is 0.878. The summed E-state index contributed by atoms with van der Waals surface area (Å²) < 4.78 is 6.05. The molecule has 3 fully saturated rings. The highest BCUT2D eigenvalue weighted by atomic mass is 32.2. The van der Waals surface area contributed by atoms with E-state index in [0.29, 0.717) is 23.7 Å². The van der Waals surface area contributed by atoms with Crippen molar-refractivity contribution in [2.75, 3.05) is 19.7 Å². The molecular weight excluding hydrogens is 362 g/mol. The lowest BCUT2D eigenvalue weighted by molar-refractivity contribution is -0.115. The number of ether oxygens (including phenoxy) is 1. The third-order valence-corrected chi connectivity index (χ3v) is 6.18. The number of piperidine rings is 1. The van der Waals surface area contributed by atoms with Gasteiger partial charge in [0.15, 0.2) is 0 Å². The number of nitrogens with one attached hydrogen (secondary N) is 2. The normalized spacial score (nSPS) is 27.9. The van der Waals surface area contributed by atoms with Crippen molar-refractivity contribution in [2.24, 2.45) is 0 Å². The van der Waals surface area contributed by atoms with Crippen molar-refractivity contribution < 1.29 is 14.3 Å². The fourth-order valence-corrected chi connectivity index (χ4v) is 4.67. The van der Waals surface area contributed by atoms with E-state index in [1.165, 1.54) is 32.1 Å². The zero-order valence-electron chi connectivity index (χ0n) is 15.3. The van der Waals surface area contributed by atoms with Crippen molar-refractivity contribution in [3.63, 3.8) is 0 Å².